The third-order valence-corrected chi connectivity index (χ3v) is 4.57. The fraction of sp³-hybridized carbons (Fsp3) is 0.800. The second-order valence-corrected chi connectivity index (χ2v) is 8.06. The Kier molecular flexibility index (Phi) is 5.04. The van der Waals surface area contributed by atoms with Gasteiger partial charge in [0.25, 0.3) is 0 Å². The number of nitrogens with one attached hydrogen (secondary N) is 1. The molecule has 1 aromatic heterocycles. The van der Waals surface area contributed by atoms with E-state index in [1.54, 1.807) is 0 Å². The Morgan fingerprint density at radius 1 is 1.45 bits per heavy atom. The zero-order valence-electron chi connectivity index (χ0n) is 13.4. The third kappa shape index (κ3) is 4.43. The molecule has 1 unspecified atom stereocenters. The zero-order chi connectivity index (χ0) is 14.8. The predicted molar refractivity (Wildman–Crippen MR) is 87.6 cm³/mol. The minimum absolute atomic E-state index is 0.158. The van der Waals surface area contributed by atoms with E-state index in [1.807, 2.05) is 17.5 Å². The molecule has 1 aliphatic rings. The van der Waals surface area contributed by atoms with Gasteiger partial charge in [0.15, 0.2) is 5.13 Å². The third-order valence-electron chi connectivity index (χ3n) is 3.53. The van der Waals surface area contributed by atoms with Crippen molar-refractivity contribution in [2.75, 3.05) is 32.1 Å². The summed E-state index contributed by atoms with van der Waals surface area (Å²) in [4.78, 5) is 10.7. The van der Waals surface area contributed by atoms with Gasteiger partial charge in [-0.25, -0.2) is 4.98 Å². The van der Waals surface area contributed by atoms with E-state index in [9.17, 15) is 0 Å². The van der Waals surface area contributed by atoms with Crippen molar-refractivity contribution >= 4 is 16.5 Å². The maximum atomic E-state index is 4.64. The van der Waals surface area contributed by atoms with Crippen LogP contribution in [0.2, 0.25) is 0 Å². The van der Waals surface area contributed by atoms with E-state index in [2.05, 4.69) is 55.0 Å². The molecule has 20 heavy (non-hydrogen) atoms. The largest absolute Gasteiger partial charge is 0.344 e. The molecule has 1 fully saturated rings. The normalized spacial score (nSPS) is 20.1. The lowest BCUT2D eigenvalue weighted by Crippen LogP contribution is -2.37. The summed E-state index contributed by atoms with van der Waals surface area (Å²) in [6.45, 7) is 9.77. The van der Waals surface area contributed by atoms with Crippen molar-refractivity contribution < 1.29 is 0 Å². The van der Waals surface area contributed by atoms with E-state index in [4.69, 9.17) is 0 Å². The molecule has 1 aliphatic heterocycles. The van der Waals surface area contributed by atoms with Crippen LogP contribution in [0, 0.1) is 0 Å². The van der Waals surface area contributed by atoms with Crippen LogP contribution in [0.1, 0.15) is 38.5 Å². The van der Waals surface area contributed by atoms with Crippen LogP contribution in [-0.2, 0) is 6.54 Å². The lowest BCUT2D eigenvalue weighted by atomic mass is 10.1. The van der Waals surface area contributed by atoms with Crippen LogP contribution in [0.5, 0.6) is 0 Å². The highest BCUT2D eigenvalue weighted by atomic mass is 32.1. The van der Waals surface area contributed by atoms with Crippen molar-refractivity contribution in [3.05, 3.63) is 11.1 Å². The minimum Gasteiger partial charge on any atom is -0.344 e. The molecule has 4 nitrogen and oxygen atoms in total. The van der Waals surface area contributed by atoms with Gasteiger partial charge in [0, 0.05) is 42.3 Å². The topological polar surface area (TPSA) is 31.4 Å². The quantitative estimate of drug-likeness (QED) is 0.905. The zero-order valence-corrected chi connectivity index (χ0v) is 14.3. The number of nitrogens with zero attached hydrogens (tertiary/aromatic N) is 3. The second-order valence-electron chi connectivity index (χ2n) is 6.96. The minimum atomic E-state index is 0.158. The van der Waals surface area contributed by atoms with Gasteiger partial charge in [0.1, 0.15) is 0 Å². The molecule has 0 aliphatic carbocycles. The van der Waals surface area contributed by atoms with Gasteiger partial charge in [-0.2, -0.15) is 0 Å². The van der Waals surface area contributed by atoms with E-state index in [-0.39, 0.29) is 5.54 Å². The van der Waals surface area contributed by atoms with Crippen LogP contribution in [0.15, 0.2) is 6.20 Å². The molecule has 2 rings (SSSR count). The van der Waals surface area contributed by atoms with E-state index in [0.29, 0.717) is 6.04 Å². The maximum absolute atomic E-state index is 4.64. The molecule has 0 spiro atoms. The molecule has 1 N–H and O–H groups in total. The molecular weight excluding hydrogens is 268 g/mol. The first kappa shape index (κ1) is 15.7. The molecule has 1 saturated heterocycles. The molecule has 0 aromatic carbocycles. The van der Waals surface area contributed by atoms with Crippen LogP contribution in [0.25, 0.3) is 0 Å². The summed E-state index contributed by atoms with van der Waals surface area (Å²) in [6.07, 6.45) is 4.60. The fourth-order valence-electron chi connectivity index (χ4n) is 2.56. The first-order valence-corrected chi connectivity index (χ1v) is 8.28. The number of aromatic nitrogens is 1. The van der Waals surface area contributed by atoms with Crippen molar-refractivity contribution in [3.8, 4) is 0 Å². The SMILES string of the molecule is CN(C)CC1CCCN1c1ncc(CNC(C)(C)C)s1. The fourth-order valence-corrected chi connectivity index (χ4v) is 3.51. The van der Waals surface area contributed by atoms with Crippen LogP contribution >= 0.6 is 11.3 Å². The molecule has 5 heteroatoms. The molecule has 0 saturated carbocycles. The van der Waals surface area contributed by atoms with Gasteiger partial charge >= 0.3 is 0 Å². The molecule has 1 aromatic rings. The average molecular weight is 296 g/mol. The van der Waals surface area contributed by atoms with Gasteiger partial charge < -0.3 is 15.1 Å². The Balaban J connectivity index is 1.97. The lowest BCUT2D eigenvalue weighted by molar-refractivity contribution is 0.372. The summed E-state index contributed by atoms with van der Waals surface area (Å²) in [5.41, 5.74) is 0.158. The highest BCUT2D eigenvalue weighted by Crippen LogP contribution is 2.30. The molecule has 114 valence electrons. The van der Waals surface area contributed by atoms with Crippen LogP contribution in [0.3, 0.4) is 0 Å². The first-order chi connectivity index (χ1) is 9.35. The monoisotopic (exact) mass is 296 g/mol. The number of rotatable bonds is 5. The summed E-state index contributed by atoms with van der Waals surface area (Å²) in [5, 5.41) is 4.72. The first-order valence-electron chi connectivity index (χ1n) is 7.46. The number of hydrogen-bond acceptors (Lipinski definition) is 5. The van der Waals surface area contributed by atoms with Crippen LogP contribution in [0.4, 0.5) is 5.13 Å². The molecule has 0 radical (unpaired) electrons. The van der Waals surface area contributed by atoms with Crippen molar-refractivity contribution in [2.24, 2.45) is 0 Å². The Labute approximate surface area is 127 Å². The Bertz CT molecular complexity index is 422. The summed E-state index contributed by atoms with van der Waals surface area (Å²) < 4.78 is 0. The Morgan fingerprint density at radius 2 is 2.20 bits per heavy atom. The molecule has 1 atom stereocenters. The predicted octanol–water partition coefficient (Wildman–Crippen LogP) is 2.56. The van der Waals surface area contributed by atoms with Gasteiger partial charge in [0.05, 0.1) is 0 Å². The van der Waals surface area contributed by atoms with Crippen molar-refractivity contribution in [2.45, 2.75) is 51.7 Å². The van der Waals surface area contributed by atoms with E-state index in [0.717, 1.165) is 19.6 Å². The molecule has 0 bridgehead atoms. The number of thiazole rings is 1. The maximum Gasteiger partial charge on any atom is 0.185 e. The summed E-state index contributed by atoms with van der Waals surface area (Å²) in [6, 6.07) is 0.625. The standard InChI is InChI=1S/C15H28N4S/c1-15(2,3)17-10-13-9-16-14(20-13)19-8-6-7-12(19)11-18(4)5/h9,12,17H,6-8,10-11H2,1-5H3. The number of likely N-dealkylation sites (N-methyl/N-ethyl adjacent to an activating group) is 1. The number of anilines is 1. The summed E-state index contributed by atoms with van der Waals surface area (Å²) in [5.74, 6) is 0. The Morgan fingerprint density at radius 3 is 2.85 bits per heavy atom. The summed E-state index contributed by atoms with van der Waals surface area (Å²) >= 11 is 1.84. The average Bonchev–Trinajstić information content (AvgIpc) is 2.92. The van der Waals surface area contributed by atoms with Crippen LogP contribution in [-0.4, -0.2) is 48.6 Å². The van der Waals surface area contributed by atoms with E-state index < -0.39 is 0 Å². The summed E-state index contributed by atoms with van der Waals surface area (Å²) in [7, 11) is 4.30. The van der Waals surface area contributed by atoms with Gasteiger partial charge in [-0.15, -0.1) is 11.3 Å². The van der Waals surface area contributed by atoms with Gasteiger partial charge in [0.2, 0.25) is 0 Å². The van der Waals surface area contributed by atoms with Crippen molar-refractivity contribution in [3.63, 3.8) is 0 Å². The molecule has 0 amide bonds. The highest BCUT2D eigenvalue weighted by Gasteiger charge is 2.27. The number of hydrogen-bond donors (Lipinski definition) is 1. The second kappa shape index (κ2) is 6.41. The van der Waals surface area contributed by atoms with Crippen molar-refractivity contribution in [1.29, 1.82) is 0 Å². The highest BCUT2D eigenvalue weighted by molar-refractivity contribution is 7.15. The van der Waals surface area contributed by atoms with E-state index >= 15 is 0 Å². The Hall–Kier alpha value is -0.650. The van der Waals surface area contributed by atoms with E-state index in [1.165, 1.54) is 22.9 Å². The van der Waals surface area contributed by atoms with Gasteiger partial charge in [-0.1, -0.05) is 0 Å². The van der Waals surface area contributed by atoms with Gasteiger partial charge in [-0.05, 0) is 47.7 Å². The molecular formula is C15H28N4S. The lowest BCUT2D eigenvalue weighted by Gasteiger charge is -2.26. The smallest absolute Gasteiger partial charge is 0.185 e. The van der Waals surface area contributed by atoms with Crippen LogP contribution < -0.4 is 10.2 Å². The van der Waals surface area contributed by atoms with Crippen molar-refractivity contribution in [1.82, 2.24) is 15.2 Å². The van der Waals surface area contributed by atoms with Gasteiger partial charge in [-0.3, -0.25) is 0 Å². The molecule has 2 heterocycles.